The second-order valence-corrected chi connectivity index (χ2v) is 5.61. The molecular formula is C17H12F3NO. The number of aliphatic hydroxyl groups is 1. The van der Waals surface area contributed by atoms with Crippen molar-refractivity contribution in [3.8, 4) is 11.3 Å². The fourth-order valence-electron chi connectivity index (χ4n) is 3.37. The van der Waals surface area contributed by atoms with Crippen LogP contribution in [-0.2, 0) is 6.42 Å². The van der Waals surface area contributed by atoms with E-state index in [4.69, 9.17) is 0 Å². The van der Waals surface area contributed by atoms with E-state index in [2.05, 4.69) is 4.98 Å². The molecule has 0 fully saturated rings. The lowest BCUT2D eigenvalue weighted by molar-refractivity contribution is 0.264. The molecule has 1 aliphatic carbocycles. The number of rotatable bonds is 1. The highest BCUT2D eigenvalue weighted by Gasteiger charge is 2.29. The first-order chi connectivity index (χ1) is 10.6. The van der Waals surface area contributed by atoms with Gasteiger partial charge in [0.25, 0.3) is 0 Å². The van der Waals surface area contributed by atoms with Crippen molar-refractivity contribution in [1.82, 2.24) is 4.98 Å². The molecule has 1 aromatic heterocycles. The van der Waals surface area contributed by atoms with Gasteiger partial charge in [-0.15, -0.1) is 0 Å². The Morgan fingerprint density at radius 2 is 1.91 bits per heavy atom. The van der Waals surface area contributed by atoms with Crippen LogP contribution in [0.15, 0.2) is 30.3 Å². The monoisotopic (exact) mass is 303 g/mol. The van der Waals surface area contributed by atoms with Crippen molar-refractivity contribution < 1.29 is 18.3 Å². The lowest BCUT2D eigenvalue weighted by atomic mass is 9.81. The molecule has 4 rings (SSSR count). The summed E-state index contributed by atoms with van der Waals surface area (Å²) in [5.74, 6) is -2.01. The van der Waals surface area contributed by atoms with Crippen molar-refractivity contribution in [3.63, 3.8) is 0 Å². The molecule has 0 aliphatic heterocycles. The summed E-state index contributed by atoms with van der Waals surface area (Å²) < 4.78 is 41.0. The van der Waals surface area contributed by atoms with E-state index < -0.39 is 11.6 Å². The number of H-pyrrole nitrogens is 1. The van der Waals surface area contributed by atoms with Gasteiger partial charge in [-0.1, -0.05) is 0 Å². The highest BCUT2D eigenvalue weighted by Crippen LogP contribution is 2.43. The average molecular weight is 303 g/mol. The lowest BCUT2D eigenvalue weighted by Crippen LogP contribution is -2.14. The number of aromatic nitrogens is 1. The van der Waals surface area contributed by atoms with E-state index in [1.165, 1.54) is 18.2 Å². The fraction of sp³-hybridized carbons (Fsp3) is 0.176. The molecule has 0 saturated carbocycles. The molecule has 1 aliphatic rings. The molecule has 1 unspecified atom stereocenters. The van der Waals surface area contributed by atoms with Crippen LogP contribution in [0.3, 0.4) is 0 Å². The van der Waals surface area contributed by atoms with Gasteiger partial charge in [0, 0.05) is 22.9 Å². The zero-order valence-corrected chi connectivity index (χ0v) is 11.5. The maximum atomic E-state index is 14.0. The van der Waals surface area contributed by atoms with Crippen molar-refractivity contribution in [1.29, 1.82) is 0 Å². The van der Waals surface area contributed by atoms with Gasteiger partial charge in [0.2, 0.25) is 0 Å². The van der Waals surface area contributed by atoms with Gasteiger partial charge in [0.05, 0.1) is 17.8 Å². The standard InChI is InChI=1S/C17H12F3NO/c18-10-1-2-12-8(4-10)3-9(7-22)15-13-5-11(19)6-14(20)16(13)21-17(12)15/h1-2,4-6,9,21-22H,3,7H2. The van der Waals surface area contributed by atoms with Crippen LogP contribution in [-0.4, -0.2) is 16.7 Å². The van der Waals surface area contributed by atoms with Crippen LogP contribution in [0.2, 0.25) is 0 Å². The molecule has 112 valence electrons. The molecule has 5 heteroatoms. The fourth-order valence-corrected chi connectivity index (χ4v) is 3.37. The van der Waals surface area contributed by atoms with E-state index in [0.29, 0.717) is 23.1 Å². The molecule has 0 amide bonds. The first-order valence-electron chi connectivity index (χ1n) is 6.98. The van der Waals surface area contributed by atoms with Crippen LogP contribution in [0.1, 0.15) is 17.0 Å². The topological polar surface area (TPSA) is 36.0 Å². The van der Waals surface area contributed by atoms with Crippen LogP contribution in [0.25, 0.3) is 22.2 Å². The van der Waals surface area contributed by atoms with Crippen LogP contribution < -0.4 is 0 Å². The minimum Gasteiger partial charge on any atom is -0.396 e. The van der Waals surface area contributed by atoms with Gasteiger partial charge in [-0.25, -0.2) is 13.2 Å². The van der Waals surface area contributed by atoms with Crippen LogP contribution >= 0.6 is 0 Å². The highest BCUT2D eigenvalue weighted by molar-refractivity contribution is 5.93. The second kappa shape index (κ2) is 4.61. The third kappa shape index (κ3) is 1.78. The summed E-state index contributed by atoms with van der Waals surface area (Å²) in [4.78, 5) is 2.98. The summed E-state index contributed by atoms with van der Waals surface area (Å²) in [6.07, 6.45) is 0.432. The van der Waals surface area contributed by atoms with E-state index in [-0.39, 0.29) is 23.9 Å². The molecule has 1 heterocycles. The van der Waals surface area contributed by atoms with Crippen molar-refractivity contribution in [2.24, 2.45) is 0 Å². The Labute approximate surface area is 124 Å². The number of fused-ring (bicyclic) bond motifs is 5. The molecule has 3 aromatic rings. The van der Waals surface area contributed by atoms with Gasteiger partial charge >= 0.3 is 0 Å². The first kappa shape index (κ1) is 13.4. The maximum absolute atomic E-state index is 14.0. The third-order valence-corrected chi connectivity index (χ3v) is 4.30. The summed E-state index contributed by atoms with van der Waals surface area (Å²) in [5.41, 5.74) is 3.04. The van der Waals surface area contributed by atoms with Gasteiger partial charge in [-0.3, -0.25) is 0 Å². The van der Waals surface area contributed by atoms with Gasteiger partial charge in [0.15, 0.2) is 0 Å². The Morgan fingerprint density at radius 1 is 1.09 bits per heavy atom. The Hall–Kier alpha value is -2.27. The number of aliphatic hydroxyl groups excluding tert-OH is 1. The summed E-state index contributed by atoms with van der Waals surface area (Å²) >= 11 is 0. The maximum Gasteiger partial charge on any atom is 0.150 e. The Morgan fingerprint density at radius 3 is 2.68 bits per heavy atom. The minimum absolute atomic E-state index is 0.173. The SMILES string of the molecule is OCC1Cc2cc(F)ccc2-c2[nH]c3c(F)cc(F)cc3c21. The van der Waals surface area contributed by atoms with Crippen molar-refractivity contribution >= 4 is 10.9 Å². The van der Waals surface area contributed by atoms with E-state index in [9.17, 15) is 18.3 Å². The van der Waals surface area contributed by atoms with E-state index in [1.54, 1.807) is 6.07 Å². The first-order valence-corrected chi connectivity index (χ1v) is 6.98. The molecule has 0 saturated heterocycles. The smallest absolute Gasteiger partial charge is 0.150 e. The Balaban J connectivity index is 2.09. The van der Waals surface area contributed by atoms with Crippen molar-refractivity contribution in [2.45, 2.75) is 12.3 Å². The second-order valence-electron chi connectivity index (χ2n) is 5.61. The average Bonchev–Trinajstić information content (AvgIpc) is 2.86. The van der Waals surface area contributed by atoms with Crippen LogP contribution in [0, 0.1) is 17.5 Å². The molecule has 22 heavy (non-hydrogen) atoms. The number of benzene rings is 2. The normalized spacial score (nSPS) is 16.6. The van der Waals surface area contributed by atoms with Crippen LogP contribution in [0.4, 0.5) is 13.2 Å². The van der Waals surface area contributed by atoms with Gasteiger partial charge in [0.1, 0.15) is 17.5 Å². The van der Waals surface area contributed by atoms with Gasteiger partial charge < -0.3 is 10.1 Å². The summed E-state index contributed by atoms with van der Waals surface area (Å²) in [5, 5.41) is 10.1. The molecule has 0 bridgehead atoms. The molecule has 2 N–H and O–H groups in total. The van der Waals surface area contributed by atoms with Gasteiger partial charge in [-0.2, -0.15) is 0 Å². The number of halogens is 3. The summed E-state index contributed by atoms with van der Waals surface area (Å²) in [7, 11) is 0. The molecule has 2 aromatic carbocycles. The number of nitrogens with one attached hydrogen (secondary N) is 1. The van der Waals surface area contributed by atoms with E-state index in [1.807, 2.05) is 0 Å². The Kier molecular flexibility index (Phi) is 2.81. The quantitative estimate of drug-likeness (QED) is 0.703. The van der Waals surface area contributed by atoms with E-state index >= 15 is 0 Å². The zero-order chi connectivity index (χ0) is 15.4. The van der Waals surface area contributed by atoms with E-state index in [0.717, 1.165) is 17.2 Å². The zero-order valence-electron chi connectivity index (χ0n) is 11.5. The number of hydrogen-bond donors (Lipinski definition) is 2. The molecular weight excluding hydrogens is 291 g/mol. The summed E-state index contributed by atoms with van der Waals surface area (Å²) in [6.45, 7) is -0.173. The highest BCUT2D eigenvalue weighted by atomic mass is 19.1. The minimum atomic E-state index is -0.676. The van der Waals surface area contributed by atoms with Crippen LogP contribution in [0.5, 0.6) is 0 Å². The molecule has 2 nitrogen and oxygen atoms in total. The molecule has 1 atom stereocenters. The van der Waals surface area contributed by atoms with Gasteiger partial charge in [-0.05, 0) is 41.8 Å². The number of aromatic amines is 1. The summed E-state index contributed by atoms with van der Waals surface area (Å²) in [6, 6.07) is 6.48. The lowest BCUT2D eigenvalue weighted by Gasteiger charge is -2.24. The Bertz CT molecular complexity index is 901. The third-order valence-electron chi connectivity index (χ3n) is 4.30. The van der Waals surface area contributed by atoms with Crippen molar-refractivity contribution in [3.05, 3.63) is 58.9 Å². The predicted molar refractivity (Wildman–Crippen MR) is 77.1 cm³/mol. The van der Waals surface area contributed by atoms with Crippen molar-refractivity contribution in [2.75, 3.05) is 6.61 Å². The predicted octanol–water partition coefficient (Wildman–Crippen LogP) is 3.88. The molecule has 0 radical (unpaired) electrons. The number of hydrogen-bond acceptors (Lipinski definition) is 1. The molecule has 0 spiro atoms. The largest absolute Gasteiger partial charge is 0.396 e.